The van der Waals surface area contributed by atoms with E-state index in [4.69, 9.17) is 23.2 Å². The zero-order valence-corrected chi connectivity index (χ0v) is 10.9. The molecule has 2 atom stereocenters. The molecule has 16 heavy (non-hydrogen) atoms. The maximum absolute atomic E-state index is 6.04. The van der Waals surface area contributed by atoms with Crippen LogP contribution in [-0.2, 0) is 6.42 Å². The molecule has 0 spiro atoms. The van der Waals surface area contributed by atoms with E-state index >= 15 is 0 Å². The van der Waals surface area contributed by atoms with E-state index in [0.717, 1.165) is 12.3 Å². The van der Waals surface area contributed by atoms with Crippen molar-refractivity contribution in [1.82, 2.24) is 4.90 Å². The Morgan fingerprint density at radius 2 is 2.19 bits per heavy atom. The second-order valence-electron chi connectivity index (χ2n) is 5.39. The molecule has 1 nitrogen and oxygen atoms in total. The minimum Gasteiger partial charge on any atom is -0.305 e. The van der Waals surface area contributed by atoms with Gasteiger partial charge in [0.05, 0.1) is 10.0 Å². The Morgan fingerprint density at radius 1 is 1.38 bits per heavy atom. The van der Waals surface area contributed by atoms with Crippen molar-refractivity contribution in [2.75, 3.05) is 20.1 Å². The van der Waals surface area contributed by atoms with Crippen LogP contribution in [0.25, 0.3) is 0 Å². The lowest BCUT2D eigenvalue weighted by Crippen LogP contribution is -2.21. The maximum Gasteiger partial charge on any atom is 0.0595 e. The zero-order valence-electron chi connectivity index (χ0n) is 9.34. The Kier molecular flexibility index (Phi) is 2.47. The number of rotatable bonds is 2. The van der Waals surface area contributed by atoms with Gasteiger partial charge in [0.15, 0.2) is 0 Å². The Morgan fingerprint density at radius 3 is 2.81 bits per heavy atom. The molecule has 2 aliphatic rings. The molecule has 0 amide bonds. The average molecular weight is 256 g/mol. The van der Waals surface area contributed by atoms with Crippen LogP contribution < -0.4 is 0 Å². The molecule has 1 saturated carbocycles. The van der Waals surface area contributed by atoms with E-state index in [2.05, 4.69) is 18.0 Å². The highest BCUT2D eigenvalue weighted by molar-refractivity contribution is 6.42. The highest BCUT2D eigenvalue weighted by Crippen LogP contribution is 2.59. The molecule has 1 saturated heterocycles. The second kappa shape index (κ2) is 3.63. The summed E-state index contributed by atoms with van der Waals surface area (Å²) in [6, 6.07) is 6.04. The molecule has 0 bridgehead atoms. The third-order valence-electron chi connectivity index (χ3n) is 4.02. The van der Waals surface area contributed by atoms with Crippen molar-refractivity contribution in [2.24, 2.45) is 11.3 Å². The number of nitrogens with zero attached hydrogens (tertiary/aromatic N) is 1. The fourth-order valence-corrected chi connectivity index (χ4v) is 3.51. The molecule has 0 N–H and O–H groups in total. The van der Waals surface area contributed by atoms with Gasteiger partial charge in [-0.1, -0.05) is 29.3 Å². The van der Waals surface area contributed by atoms with Gasteiger partial charge in [-0.3, -0.25) is 0 Å². The minimum absolute atomic E-state index is 0.548. The number of hydrogen-bond acceptors (Lipinski definition) is 1. The van der Waals surface area contributed by atoms with Crippen molar-refractivity contribution in [2.45, 2.75) is 12.8 Å². The van der Waals surface area contributed by atoms with Gasteiger partial charge in [0, 0.05) is 13.1 Å². The molecular formula is C13H15Cl2N. The first-order valence-corrected chi connectivity index (χ1v) is 6.47. The standard InChI is InChI=1S/C13H15Cl2N/c1-16-7-10-6-13(10,8-16)5-9-2-3-11(14)12(15)4-9/h2-4,10H,5-8H2,1H3/t10?,13-/m0/s1. The van der Waals surface area contributed by atoms with Crippen molar-refractivity contribution in [1.29, 1.82) is 0 Å². The zero-order chi connectivity index (χ0) is 11.3. The van der Waals surface area contributed by atoms with Gasteiger partial charge < -0.3 is 4.90 Å². The van der Waals surface area contributed by atoms with E-state index < -0.39 is 0 Å². The Bertz CT molecular complexity index is 432. The third kappa shape index (κ3) is 1.75. The Balaban J connectivity index is 1.78. The molecule has 86 valence electrons. The lowest BCUT2D eigenvalue weighted by atomic mass is 9.96. The minimum atomic E-state index is 0.548. The lowest BCUT2D eigenvalue weighted by molar-refractivity contribution is 0.335. The molecule has 1 aliphatic carbocycles. The van der Waals surface area contributed by atoms with Crippen LogP contribution in [-0.4, -0.2) is 25.0 Å². The number of benzene rings is 1. The van der Waals surface area contributed by atoms with Gasteiger partial charge >= 0.3 is 0 Å². The summed E-state index contributed by atoms with van der Waals surface area (Å²) in [6.45, 7) is 2.50. The fraction of sp³-hybridized carbons (Fsp3) is 0.538. The van der Waals surface area contributed by atoms with E-state index in [1.807, 2.05) is 12.1 Å². The predicted molar refractivity (Wildman–Crippen MR) is 68.2 cm³/mol. The topological polar surface area (TPSA) is 3.24 Å². The number of fused-ring (bicyclic) bond motifs is 1. The van der Waals surface area contributed by atoms with Crippen LogP contribution in [0, 0.1) is 11.3 Å². The number of likely N-dealkylation sites (tertiary alicyclic amines) is 1. The Labute approximate surface area is 106 Å². The van der Waals surface area contributed by atoms with E-state index in [-0.39, 0.29) is 0 Å². The summed E-state index contributed by atoms with van der Waals surface area (Å²) in [6.07, 6.45) is 2.54. The summed E-state index contributed by atoms with van der Waals surface area (Å²) in [5.74, 6) is 0.909. The van der Waals surface area contributed by atoms with Gasteiger partial charge in [-0.25, -0.2) is 0 Å². The second-order valence-corrected chi connectivity index (χ2v) is 6.20. The fourth-order valence-electron chi connectivity index (χ4n) is 3.19. The highest BCUT2D eigenvalue weighted by Gasteiger charge is 2.58. The largest absolute Gasteiger partial charge is 0.305 e. The van der Waals surface area contributed by atoms with Crippen molar-refractivity contribution >= 4 is 23.2 Å². The number of piperidine rings is 1. The molecule has 2 fully saturated rings. The quantitative estimate of drug-likeness (QED) is 0.782. The van der Waals surface area contributed by atoms with Gasteiger partial charge in [-0.05, 0) is 48.9 Å². The summed E-state index contributed by atoms with van der Waals surface area (Å²) in [4.78, 5) is 2.44. The van der Waals surface area contributed by atoms with E-state index in [9.17, 15) is 0 Å². The summed E-state index contributed by atoms with van der Waals surface area (Å²) >= 11 is 12.0. The van der Waals surface area contributed by atoms with Crippen LogP contribution in [0.3, 0.4) is 0 Å². The molecule has 1 heterocycles. The monoisotopic (exact) mass is 255 g/mol. The molecule has 3 rings (SSSR count). The van der Waals surface area contributed by atoms with E-state index in [1.54, 1.807) is 0 Å². The molecule has 0 radical (unpaired) electrons. The summed E-state index contributed by atoms with van der Waals surface area (Å²) in [5.41, 5.74) is 1.87. The summed E-state index contributed by atoms with van der Waals surface area (Å²) in [5, 5.41) is 1.33. The number of halogens is 2. The van der Waals surface area contributed by atoms with Crippen LogP contribution in [0.2, 0.25) is 10.0 Å². The van der Waals surface area contributed by atoms with Crippen molar-refractivity contribution < 1.29 is 0 Å². The lowest BCUT2D eigenvalue weighted by Gasteiger charge is -2.16. The highest BCUT2D eigenvalue weighted by atomic mass is 35.5. The van der Waals surface area contributed by atoms with Crippen LogP contribution >= 0.6 is 23.2 Å². The first-order valence-electron chi connectivity index (χ1n) is 5.72. The molecule has 1 aromatic carbocycles. The van der Waals surface area contributed by atoms with E-state index in [1.165, 1.54) is 25.1 Å². The molecule has 1 unspecified atom stereocenters. The van der Waals surface area contributed by atoms with Crippen molar-refractivity contribution in [3.8, 4) is 0 Å². The normalized spacial score (nSPS) is 32.8. The third-order valence-corrected chi connectivity index (χ3v) is 4.75. The predicted octanol–water partition coefficient (Wildman–Crippen LogP) is 3.49. The van der Waals surface area contributed by atoms with Gasteiger partial charge in [0.25, 0.3) is 0 Å². The summed E-state index contributed by atoms with van der Waals surface area (Å²) < 4.78 is 0. The molecule has 1 aromatic rings. The Hall–Kier alpha value is -0.240. The SMILES string of the molecule is CN1CC2C[C@@]2(Cc2ccc(Cl)c(Cl)c2)C1. The van der Waals surface area contributed by atoms with Crippen molar-refractivity contribution in [3.63, 3.8) is 0 Å². The van der Waals surface area contributed by atoms with Gasteiger partial charge in [0.1, 0.15) is 0 Å². The molecular weight excluding hydrogens is 241 g/mol. The van der Waals surface area contributed by atoms with Gasteiger partial charge in [-0.2, -0.15) is 0 Å². The molecule has 0 aromatic heterocycles. The smallest absolute Gasteiger partial charge is 0.0595 e. The van der Waals surface area contributed by atoms with Crippen molar-refractivity contribution in [3.05, 3.63) is 33.8 Å². The van der Waals surface area contributed by atoms with Crippen LogP contribution in [0.5, 0.6) is 0 Å². The van der Waals surface area contributed by atoms with E-state index in [0.29, 0.717) is 15.5 Å². The summed E-state index contributed by atoms with van der Waals surface area (Å²) in [7, 11) is 2.21. The average Bonchev–Trinajstić information content (AvgIpc) is 2.75. The van der Waals surface area contributed by atoms with Gasteiger partial charge in [0.2, 0.25) is 0 Å². The van der Waals surface area contributed by atoms with Crippen LogP contribution in [0.4, 0.5) is 0 Å². The molecule has 1 aliphatic heterocycles. The molecule has 3 heteroatoms. The van der Waals surface area contributed by atoms with Gasteiger partial charge in [-0.15, -0.1) is 0 Å². The van der Waals surface area contributed by atoms with Crippen LogP contribution in [0.1, 0.15) is 12.0 Å². The maximum atomic E-state index is 6.04. The first kappa shape index (κ1) is 10.9. The number of hydrogen-bond donors (Lipinski definition) is 0. The first-order chi connectivity index (χ1) is 7.59. The van der Waals surface area contributed by atoms with Crippen LogP contribution in [0.15, 0.2) is 18.2 Å².